The van der Waals surface area contributed by atoms with Gasteiger partial charge in [-0.3, -0.25) is 0 Å². The molecule has 4 heteroatoms. The first-order valence-corrected chi connectivity index (χ1v) is 9.52. The largest absolute Gasteiger partial charge is 0.489 e. The molecule has 4 rings (SSSR count). The molecule has 0 atom stereocenters. The zero-order chi connectivity index (χ0) is 20.1. The molecule has 0 amide bonds. The first-order chi connectivity index (χ1) is 14.2. The van der Waals surface area contributed by atoms with Gasteiger partial charge in [0.2, 0.25) is 0 Å². The van der Waals surface area contributed by atoms with Gasteiger partial charge in [-0.15, -0.1) is 0 Å². The van der Waals surface area contributed by atoms with E-state index in [2.05, 4.69) is 41.7 Å². The molecule has 4 aromatic carbocycles. The SMILES string of the molecule is Fc1ccc(COc2ccc(CNCc3cccc4ccccc34)cc2)c(F)c1. The molecule has 2 nitrogen and oxygen atoms in total. The van der Waals surface area contributed by atoms with E-state index in [9.17, 15) is 8.78 Å². The second-order valence-electron chi connectivity index (χ2n) is 6.91. The van der Waals surface area contributed by atoms with Gasteiger partial charge in [-0.05, 0) is 46.2 Å². The Hall–Kier alpha value is -3.24. The molecule has 0 heterocycles. The van der Waals surface area contributed by atoms with Crippen molar-refractivity contribution in [3.8, 4) is 5.75 Å². The maximum absolute atomic E-state index is 13.7. The van der Waals surface area contributed by atoms with Gasteiger partial charge >= 0.3 is 0 Å². The van der Waals surface area contributed by atoms with E-state index in [0.29, 0.717) is 11.3 Å². The molecule has 29 heavy (non-hydrogen) atoms. The van der Waals surface area contributed by atoms with Gasteiger partial charge in [0.15, 0.2) is 0 Å². The van der Waals surface area contributed by atoms with Crippen LogP contribution < -0.4 is 10.1 Å². The normalized spacial score (nSPS) is 11.0. The first kappa shape index (κ1) is 19.1. The number of rotatable bonds is 7. The molecular formula is C25H21F2NO. The summed E-state index contributed by atoms with van der Waals surface area (Å²) in [6.45, 7) is 1.57. The predicted molar refractivity (Wildman–Crippen MR) is 112 cm³/mol. The lowest BCUT2D eigenvalue weighted by atomic mass is 10.0. The molecule has 0 aromatic heterocycles. The fraction of sp³-hybridized carbons (Fsp3) is 0.120. The molecule has 0 radical (unpaired) electrons. The monoisotopic (exact) mass is 389 g/mol. The molecule has 0 aliphatic carbocycles. The van der Waals surface area contributed by atoms with Crippen molar-refractivity contribution >= 4 is 10.8 Å². The topological polar surface area (TPSA) is 21.3 Å². The summed E-state index contributed by atoms with van der Waals surface area (Å²) in [4.78, 5) is 0. The van der Waals surface area contributed by atoms with Crippen LogP contribution in [0, 0.1) is 11.6 Å². The van der Waals surface area contributed by atoms with Gasteiger partial charge in [-0.2, -0.15) is 0 Å². The Bertz CT molecular complexity index is 1100. The Morgan fingerprint density at radius 3 is 2.34 bits per heavy atom. The average molecular weight is 389 g/mol. The standard InChI is InChI=1S/C25H21F2NO/c26-22-11-10-21(25(27)14-22)17-29-23-12-8-18(9-13-23)15-28-16-20-6-3-5-19-4-1-2-7-24(19)20/h1-14,28H,15-17H2. The van der Waals surface area contributed by atoms with Crippen LogP contribution in [0.4, 0.5) is 8.78 Å². The molecule has 0 unspecified atom stereocenters. The highest BCUT2D eigenvalue weighted by Crippen LogP contribution is 2.19. The van der Waals surface area contributed by atoms with E-state index in [1.165, 1.54) is 28.5 Å². The van der Waals surface area contributed by atoms with E-state index in [-0.39, 0.29) is 6.61 Å². The lowest BCUT2D eigenvalue weighted by Gasteiger charge is -2.10. The molecule has 4 aromatic rings. The number of benzene rings is 4. The summed E-state index contributed by atoms with van der Waals surface area (Å²) in [5.41, 5.74) is 2.72. The zero-order valence-electron chi connectivity index (χ0n) is 15.9. The second-order valence-corrected chi connectivity index (χ2v) is 6.91. The Morgan fingerprint density at radius 2 is 1.52 bits per heavy atom. The minimum atomic E-state index is -0.598. The van der Waals surface area contributed by atoms with Crippen molar-refractivity contribution in [2.45, 2.75) is 19.7 Å². The molecule has 0 saturated heterocycles. The van der Waals surface area contributed by atoms with Crippen molar-refractivity contribution in [1.82, 2.24) is 5.32 Å². The molecule has 0 aliphatic rings. The van der Waals surface area contributed by atoms with E-state index in [1.807, 2.05) is 30.3 Å². The van der Waals surface area contributed by atoms with Crippen molar-refractivity contribution in [2.24, 2.45) is 0 Å². The average Bonchev–Trinajstić information content (AvgIpc) is 2.74. The lowest BCUT2D eigenvalue weighted by molar-refractivity contribution is 0.299. The van der Waals surface area contributed by atoms with Gasteiger partial charge in [0, 0.05) is 24.7 Å². The van der Waals surface area contributed by atoms with Crippen molar-refractivity contribution in [1.29, 1.82) is 0 Å². The summed E-state index contributed by atoms with van der Waals surface area (Å²) in [6, 6.07) is 25.9. The maximum atomic E-state index is 13.7. The van der Waals surface area contributed by atoms with Crippen LogP contribution in [0.25, 0.3) is 10.8 Å². The van der Waals surface area contributed by atoms with Crippen LogP contribution in [0.15, 0.2) is 84.9 Å². The molecule has 1 N–H and O–H groups in total. The first-order valence-electron chi connectivity index (χ1n) is 9.52. The number of hydrogen-bond acceptors (Lipinski definition) is 2. The van der Waals surface area contributed by atoms with E-state index in [1.54, 1.807) is 0 Å². The van der Waals surface area contributed by atoms with Gasteiger partial charge in [0.1, 0.15) is 24.0 Å². The predicted octanol–water partition coefficient (Wildman–Crippen LogP) is 5.99. The second kappa shape index (κ2) is 8.84. The summed E-state index contributed by atoms with van der Waals surface area (Å²) < 4.78 is 32.2. The van der Waals surface area contributed by atoms with Crippen LogP contribution in [0.5, 0.6) is 5.75 Å². The molecule has 0 bridgehead atoms. The third-order valence-corrected chi connectivity index (χ3v) is 4.86. The molecule has 0 fully saturated rings. The Kier molecular flexibility index (Phi) is 5.82. The highest BCUT2D eigenvalue weighted by atomic mass is 19.1. The zero-order valence-corrected chi connectivity index (χ0v) is 15.9. The minimum absolute atomic E-state index is 0.0603. The van der Waals surface area contributed by atoms with Crippen LogP contribution in [0.1, 0.15) is 16.7 Å². The van der Waals surface area contributed by atoms with Crippen LogP contribution >= 0.6 is 0 Å². The number of hydrogen-bond donors (Lipinski definition) is 1. The highest BCUT2D eigenvalue weighted by molar-refractivity contribution is 5.85. The third-order valence-electron chi connectivity index (χ3n) is 4.86. The fourth-order valence-corrected chi connectivity index (χ4v) is 3.29. The van der Waals surface area contributed by atoms with Crippen LogP contribution in [0.3, 0.4) is 0 Å². The molecule has 0 spiro atoms. The van der Waals surface area contributed by atoms with E-state index in [0.717, 1.165) is 24.7 Å². The van der Waals surface area contributed by atoms with E-state index >= 15 is 0 Å². The number of ether oxygens (including phenoxy) is 1. The van der Waals surface area contributed by atoms with Gasteiger partial charge in [-0.1, -0.05) is 54.6 Å². The van der Waals surface area contributed by atoms with Gasteiger partial charge in [0.05, 0.1) is 0 Å². The minimum Gasteiger partial charge on any atom is -0.489 e. The summed E-state index contributed by atoms with van der Waals surface area (Å²) in [7, 11) is 0. The molecule has 0 saturated carbocycles. The lowest BCUT2D eigenvalue weighted by Crippen LogP contribution is -2.12. The smallest absolute Gasteiger partial charge is 0.132 e. The Balaban J connectivity index is 1.31. The van der Waals surface area contributed by atoms with Gasteiger partial charge in [0.25, 0.3) is 0 Å². The van der Waals surface area contributed by atoms with E-state index in [4.69, 9.17) is 4.74 Å². The number of nitrogens with one attached hydrogen (secondary N) is 1. The highest BCUT2D eigenvalue weighted by Gasteiger charge is 2.05. The van der Waals surface area contributed by atoms with Crippen molar-refractivity contribution < 1.29 is 13.5 Å². The third kappa shape index (κ3) is 4.79. The quantitative estimate of drug-likeness (QED) is 0.419. The van der Waals surface area contributed by atoms with Crippen LogP contribution in [-0.2, 0) is 19.7 Å². The number of fused-ring (bicyclic) bond motifs is 1. The summed E-state index contributed by atoms with van der Waals surface area (Å²) >= 11 is 0. The molecular weight excluding hydrogens is 368 g/mol. The fourth-order valence-electron chi connectivity index (χ4n) is 3.29. The Labute approximate surface area is 168 Å². The summed E-state index contributed by atoms with van der Waals surface area (Å²) in [5.74, 6) is -0.544. The van der Waals surface area contributed by atoms with Crippen molar-refractivity contribution in [3.63, 3.8) is 0 Å². The van der Waals surface area contributed by atoms with Gasteiger partial charge in [-0.25, -0.2) is 8.78 Å². The molecule has 146 valence electrons. The van der Waals surface area contributed by atoms with Crippen LogP contribution in [0.2, 0.25) is 0 Å². The summed E-state index contributed by atoms with van der Waals surface area (Å²) in [5, 5.41) is 5.98. The van der Waals surface area contributed by atoms with Gasteiger partial charge < -0.3 is 10.1 Å². The number of halogens is 2. The van der Waals surface area contributed by atoms with Crippen molar-refractivity contribution in [2.75, 3.05) is 0 Å². The summed E-state index contributed by atoms with van der Waals surface area (Å²) in [6.07, 6.45) is 0. The van der Waals surface area contributed by atoms with E-state index < -0.39 is 11.6 Å². The molecule has 0 aliphatic heterocycles. The maximum Gasteiger partial charge on any atom is 0.132 e. The van der Waals surface area contributed by atoms with Crippen molar-refractivity contribution in [3.05, 3.63) is 113 Å². The Morgan fingerprint density at radius 1 is 0.724 bits per heavy atom. The van der Waals surface area contributed by atoms with Crippen LogP contribution in [-0.4, -0.2) is 0 Å².